The lowest BCUT2D eigenvalue weighted by Crippen LogP contribution is -2.06. The molecule has 5 heteroatoms. The Morgan fingerprint density at radius 2 is 2.50 bits per heavy atom. The van der Waals surface area contributed by atoms with E-state index in [1.54, 1.807) is 6.20 Å². The number of aliphatic hydroxyl groups excluding tert-OH is 1. The average Bonchev–Trinajstić information content (AvgIpc) is 2.58. The van der Waals surface area contributed by atoms with Crippen LogP contribution in [0.25, 0.3) is 0 Å². The largest absolute Gasteiger partial charge is 0.396 e. The van der Waals surface area contributed by atoms with E-state index in [2.05, 4.69) is 5.10 Å². The standard InChI is InChI=1S/C9H17N3OS/c1-8(6-13)7-14-3-2-12-5-9(10)4-11-12/h4-5,8,13H,2-3,6-7,10H2,1H3. The molecule has 0 aliphatic carbocycles. The molecule has 0 aliphatic rings. The van der Waals surface area contributed by atoms with Crippen molar-refractivity contribution in [3.8, 4) is 0 Å². The average molecular weight is 215 g/mol. The maximum absolute atomic E-state index is 8.81. The van der Waals surface area contributed by atoms with Crippen LogP contribution in [-0.4, -0.2) is 33.0 Å². The molecule has 1 heterocycles. The van der Waals surface area contributed by atoms with Crippen LogP contribution in [0.3, 0.4) is 0 Å². The van der Waals surface area contributed by atoms with Crippen molar-refractivity contribution in [1.82, 2.24) is 9.78 Å². The summed E-state index contributed by atoms with van der Waals surface area (Å²) in [5.74, 6) is 2.38. The van der Waals surface area contributed by atoms with Crippen molar-refractivity contribution in [3.63, 3.8) is 0 Å². The van der Waals surface area contributed by atoms with Crippen LogP contribution >= 0.6 is 11.8 Å². The fraction of sp³-hybridized carbons (Fsp3) is 0.667. The molecule has 1 aromatic rings. The third kappa shape index (κ3) is 4.02. The minimum atomic E-state index is 0.266. The van der Waals surface area contributed by atoms with Crippen LogP contribution < -0.4 is 5.73 Å². The number of anilines is 1. The second kappa shape index (κ2) is 5.93. The molecule has 0 bridgehead atoms. The van der Waals surface area contributed by atoms with Gasteiger partial charge in [-0.3, -0.25) is 4.68 Å². The zero-order valence-electron chi connectivity index (χ0n) is 8.39. The van der Waals surface area contributed by atoms with Crippen LogP contribution in [-0.2, 0) is 6.54 Å². The molecule has 1 aromatic heterocycles. The van der Waals surface area contributed by atoms with Gasteiger partial charge in [0, 0.05) is 18.6 Å². The van der Waals surface area contributed by atoms with Gasteiger partial charge in [0.05, 0.1) is 18.4 Å². The summed E-state index contributed by atoms with van der Waals surface area (Å²) >= 11 is 1.83. The monoisotopic (exact) mass is 215 g/mol. The molecule has 0 aliphatic heterocycles. The van der Waals surface area contributed by atoms with Crippen molar-refractivity contribution in [2.75, 3.05) is 23.8 Å². The number of aliphatic hydroxyl groups is 1. The topological polar surface area (TPSA) is 64.1 Å². The fourth-order valence-electron chi connectivity index (χ4n) is 0.997. The van der Waals surface area contributed by atoms with E-state index in [0.717, 1.165) is 18.1 Å². The molecule has 80 valence electrons. The molecule has 1 atom stereocenters. The Labute approximate surface area is 88.5 Å². The first-order valence-corrected chi connectivity index (χ1v) is 5.84. The summed E-state index contributed by atoms with van der Waals surface area (Å²) in [5, 5.41) is 12.9. The van der Waals surface area contributed by atoms with Gasteiger partial charge in [-0.2, -0.15) is 16.9 Å². The Hall–Kier alpha value is -0.680. The second-order valence-electron chi connectivity index (χ2n) is 3.40. The highest BCUT2D eigenvalue weighted by atomic mass is 32.2. The number of aromatic nitrogens is 2. The Morgan fingerprint density at radius 1 is 1.71 bits per heavy atom. The first-order valence-electron chi connectivity index (χ1n) is 4.69. The molecular formula is C9H17N3OS. The third-order valence-electron chi connectivity index (χ3n) is 1.83. The summed E-state index contributed by atoms with van der Waals surface area (Å²) in [6.07, 6.45) is 3.48. The summed E-state index contributed by atoms with van der Waals surface area (Å²) < 4.78 is 1.84. The van der Waals surface area contributed by atoms with Crippen LogP contribution in [0.15, 0.2) is 12.4 Å². The third-order valence-corrected chi connectivity index (χ3v) is 3.11. The van der Waals surface area contributed by atoms with Crippen molar-refractivity contribution in [3.05, 3.63) is 12.4 Å². The summed E-state index contributed by atoms with van der Waals surface area (Å²) in [6, 6.07) is 0. The Bertz CT molecular complexity index is 264. The number of thioether (sulfide) groups is 1. The zero-order chi connectivity index (χ0) is 10.4. The predicted octanol–water partition coefficient (Wildman–Crippen LogP) is 0.827. The van der Waals surface area contributed by atoms with E-state index >= 15 is 0 Å². The first-order chi connectivity index (χ1) is 6.72. The van der Waals surface area contributed by atoms with Gasteiger partial charge < -0.3 is 10.8 Å². The summed E-state index contributed by atoms with van der Waals surface area (Å²) in [4.78, 5) is 0. The molecule has 0 spiro atoms. The Balaban J connectivity index is 2.10. The highest BCUT2D eigenvalue weighted by Crippen LogP contribution is 2.08. The molecule has 1 unspecified atom stereocenters. The first kappa shape index (κ1) is 11.4. The van der Waals surface area contributed by atoms with Gasteiger partial charge >= 0.3 is 0 Å². The van der Waals surface area contributed by atoms with Crippen LogP contribution in [0.1, 0.15) is 6.92 Å². The molecule has 0 radical (unpaired) electrons. The van der Waals surface area contributed by atoms with Gasteiger partial charge in [-0.05, 0) is 11.7 Å². The summed E-state index contributed by atoms with van der Waals surface area (Å²) in [7, 11) is 0. The Morgan fingerprint density at radius 3 is 3.07 bits per heavy atom. The van der Waals surface area contributed by atoms with Gasteiger partial charge in [0.15, 0.2) is 0 Å². The number of nitrogens with zero attached hydrogens (tertiary/aromatic N) is 2. The fourth-order valence-corrected chi connectivity index (χ4v) is 1.99. The highest BCUT2D eigenvalue weighted by molar-refractivity contribution is 7.99. The van der Waals surface area contributed by atoms with E-state index < -0.39 is 0 Å². The number of aryl methyl sites for hydroxylation is 1. The zero-order valence-corrected chi connectivity index (χ0v) is 9.20. The molecule has 0 aromatic carbocycles. The number of hydrogen-bond acceptors (Lipinski definition) is 4. The maximum Gasteiger partial charge on any atom is 0.0719 e. The van der Waals surface area contributed by atoms with Crippen molar-refractivity contribution < 1.29 is 5.11 Å². The number of nitrogens with two attached hydrogens (primary N) is 1. The van der Waals surface area contributed by atoms with Crippen LogP contribution in [0, 0.1) is 5.92 Å². The normalized spacial score (nSPS) is 13.0. The van der Waals surface area contributed by atoms with E-state index in [1.165, 1.54) is 0 Å². The summed E-state index contributed by atoms with van der Waals surface area (Å²) in [6.45, 7) is 3.18. The van der Waals surface area contributed by atoms with E-state index in [4.69, 9.17) is 10.8 Å². The smallest absolute Gasteiger partial charge is 0.0719 e. The molecule has 1 rings (SSSR count). The lowest BCUT2D eigenvalue weighted by molar-refractivity contribution is 0.250. The number of hydrogen-bond donors (Lipinski definition) is 2. The minimum absolute atomic E-state index is 0.266. The summed E-state index contributed by atoms with van der Waals surface area (Å²) in [5.41, 5.74) is 6.24. The molecule has 4 nitrogen and oxygen atoms in total. The Kier molecular flexibility index (Phi) is 4.82. The maximum atomic E-state index is 8.81. The SMILES string of the molecule is CC(CO)CSCCn1cc(N)cn1. The highest BCUT2D eigenvalue weighted by Gasteiger charge is 2.00. The lowest BCUT2D eigenvalue weighted by atomic mass is 10.2. The van der Waals surface area contributed by atoms with Gasteiger partial charge in [-0.15, -0.1) is 0 Å². The van der Waals surface area contributed by atoms with Gasteiger partial charge in [0.2, 0.25) is 0 Å². The molecule has 0 saturated heterocycles. The molecule has 3 N–H and O–H groups in total. The molecule has 14 heavy (non-hydrogen) atoms. The van der Waals surface area contributed by atoms with E-state index in [1.807, 2.05) is 29.6 Å². The molecule has 0 amide bonds. The number of nitrogen functional groups attached to an aromatic ring is 1. The van der Waals surface area contributed by atoms with Gasteiger partial charge in [0.1, 0.15) is 0 Å². The van der Waals surface area contributed by atoms with Crippen molar-refractivity contribution >= 4 is 17.4 Å². The van der Waals surface area contributed by atoms with Gasteiger partial charge in [-0.1, -0.05) is 6.92 Å². The van der Waals surface area contributed by atoms with E-state index in [9.17, 15) is 0 Å². The van der Waals surface area contributed by atoms with Gasteiger partial charge in [0.25, 0.3) is 0 Å². The second-order valence-corrected chi connectivity index (χ2v) is 4.55. The predicted molar refractivity (Wildman–Crippen MR) is 60.2 cm³/mol. The van der Waals surface area contributed by atoms with Crippen LogP contribution in [0.5, 0.6) is 0 Å². The van der Waals surface area contributed by atoms with E-state index in [0.29, 0.717) is 11.6 Å². The number of rotatable bonds is 6. The lowest BCUT2D eigenvalue weighted by Gasteiger charge is -2.06. The van der Waals surface area contributed by atoms with Crippen LogP contribution in [0.2, 0.25) is 0 Å². The van der Waals surface area contributed by atoms with Crippen molar-refractivity contribution in [1.29, 1.82) is 0 Å². The van der Waals surface area contributed by atoms with Crippen molar-refractivity contribution in [2.45, 2.75) is 13.5 Å². The molecule has 0 saturated carbocycles. The minimum Gasteiger partial charge on any atom is -0.396 e. The molecule has 0 fully saturated rings. The van der Waals surface area contributed by atoms with Gasteiger partial charge in [-0.25, -0.2) is 0 Å². The van der Waals surface area contributed by atoms with E-state index in [-0.39, 0.29) is 6.61 Å². The molecular weight excluding hydrogens is 198 g/mol. The van der Waals surface area contributed by atoms with Crippen molar-refractivity contribution in [2.24, 2.45) is 5.92 Å². The quantitative estimate of drug-likeness (QED) is 0.690. The van der Waals surface area contributed by atoms with Crippen LogP contribution in [0.4, 0.5) is 5.69 Å².